The van der Waals surface area contributed by atoms with E-state index in [1.807, 2.05) is 13.8 Å². The smallest absolute Gasteiger partial charge is 0.315 e. The Bertz CT molecular complexity index is 1510. The zero-order chi connectivity index (χ0) is 40.1. The van der Waals surface area contributed by atoms with Crippen LogP contribution >= 0.6 is 0 Å². The van der Waals surface area contributed by atoms with E-state index in [1.54, 1.807) is 18.7 Å². The average Bonchev–Trinajstić information content (AvgIpc) is 3.94. The summed E-state index contributed by atoms with van der Waals surface area (Å²) in [5.41, 5.74) is -1.88. The van der Waals surface area contributed by atoms with E-state index in [0.29, 0.717) is 44.9 Å². The number of nitrogens with one attached hydrogen (secondary N) is 4. The second kappa shape index (κ2) is 17.5. The molecule has 0 aromatic heterocycles. The molecule has 1 saturated heterocycles. The summed E-state index contributed by atoms with van der Waals surface area (Å²) in [6, 6.07) is -3.50. The lowest BCUT2D eigenvalue weighted by atomic mass is 9.68. The number of piperidine rings is 1. The highest BCUT2D eigenvalue weighted by atomic mass is 32.2. The number of ketones is 1. The molecule has 4 atom stereocenters. The fraction of sp³-hybridized carbons (Fsp3) is 0.829. The van der Waals surface area contributed by atoms with Crippen LogP contribution in [0.5, 0.6) is 0 Å². The topological polar surface area (TPSA) is 171 Å². The first-order valence-electron chi connectivity index (χ1n) is 20.5. The molecule has 2 unspecified atom stereocenters. The van der Waals surface area contributed by atoms with Crippen molar-refractivity contribution in [1.82, 2.24) is 26.2 Å². The van der Waals surface area contributed by atoms with Gasteiger partial charge in [0.2, 0.25) is 17.6 Å². The Morgan fingerprint density at radius 2 is 1.52 bits per heavy atom. The molecule has 1 aliphatic heterocycles. The van der Waals surface area contributed by atoms with Crippen LogP contribution in [0.15, 0.2) is 12.7 Å². The first kappa shape index (κ1) is 43.8. The zero-order valence-corrected chi connectivity index (χ0v) is 34.9. The second-order valence-corrected chi connectivity index (χ2v) is 21.3. The number of Topliss-reactive ketones (excluding diaryl/α,β-unsaturated/α-hetero) is 1. The van der Waals surface area contributed by atoms with E-state index in [1.165, 1.54) is 6.08 Å². The van der Waals surface area contributed by atoms with Crippen LogP contribution < -0.4 is 21.3 Å². The number of urea groups is 1. The van der Waals surface area contributed by atoms with E-state index in [2.05, 4.69) is 48.6 Å². The maximum absolute atomic E-state index is 15.1. The number of nitrogens with zero attached hydrogens (tertiary/aromatic N) is 1. The molecule has 1 heterocycles. The van der Waals surface area contributed by atoms with Crippen molar-refractivity contribution in [3.63, 3.8) is 0 Å². The summed E-state index contributed by atoms with van der Waals surface area (Å²) in [6.07, 6.45) is 12.3. The third-order valence-electron chi connectivity index (χ3n) is 13.6. The van der Waals surface area contributed by atoms with Crippen LogP contribution in [0, 0.1) is 22.7 Å². The van der Waals surface area contributed by atoms with E-state index in [4.69, 9.17) is 0 Å². The highest BCUT2D eigenvalue weighted by Crippen LogP contribution is 2.43. The Hall–Kier alpha value is -2.96. The molecule has 13 heteroatoms. The SMILES string of the molecule is C=CCNC(=O)C(=O)C(CC1CC1)NC(=O)[C@@H]1CC(C)(C)C(C)CN1C(=O)[C@@H](NC(=O)NC1(CS(=O)(=O)C(C)(C)CC)CCCCC1)C1(C)CCCCC1. The molecule has 4 aliphatic rings. The maximum Gasteiger partial charge on any atom is 0.315 e. The fourth-order valence-corrected chi connectivity index (χ4v) is 10.5. The van der Waals surface area contributed by atoms with Gasteiger partial charge in [-0.3, -0.25) is 19.2 Å². The van der Waals surface area contributed by atoms with Gasteiger partial charge in [-0.05, 0) is 81.5 Å². The van der Waals surface area contributed by atoms with Crippen molar-refractivity contribution in [2.75, 3.05) is 18.8 Å². The third-order valence-corrected chi connectivity index (χ3v) is 16.5. The first-order valence-corrected chi connectivity index (χ1v) is 22.2. The largest absolute Gasteiger partial charge is 0.346 e. The molecule has 0 aromatic rings. The lowest BCUT2D eigenvalue weighted by molar-refractivity contribution is -0.152. The molecule has 0 bridgehead atoms. The lowest BCUT2D eigenvalue weighted by Gasteiger charge is -2.50. The van der Waals surface area contributed by atoms with Gasteiger partial charge in [-0.25, -0.2) is 13.2 Å². The van der Waals surface area contributed by atoms with Crippen molar-refractivity contribution in [2.24, 2.45) is 22.7 Å². The van der Waals surface area contributed by atoms with Crippen molar-refractivity contribution in [3.8, 4) is 0 Å². The van der Waals surface area contributed by atoms with Crippen molar-refractivity contribution in [2.45, 2.75) is 173 Å². The molecular weight excluding hydrogens is 707 g/mol. The second-order valence-electron chi connectivity index (χ2n) is 18.7. The van der Waals surface area contributed by atoms with Gasteiger partial charge in [0.05, 0.1) is 22.1 Å². The van der Waals surface area contributed by atoms with Crippen molar-refractivity contribution < 1.29 is 32.4 Å². The third kappa shape index (κ3) is 10.5. The van der Waals surface area contributed by atoms with Gasteiger partial charge in [-0.2, -0.15) is 0 Å². The van der Waals surface area contributed by atoms with Gasteiger partial charge >= 0.3 is 6.03 Å². The van der Waals surface area contributed by atoms with Crippen LogP contribution in [-0.2, 0) is 29.0 Å². The summed E-state index contributed by atoms with van der Waals surface area (Å²) in [5.74, 6) is -2.26. The highest BCUT2D eigenvalue weighted by Gasteiger charge is 2.51. The van der Waals surface area contributed by atoms with Gasteiger partial charge in [-0.1, -0.05) is 92.1 Å². The molecular formula is C41H69N5O7S. The summed E-state index contributed by atoms with van der Waals surface area (Å²) in [7, 11) is -3.59. The van der Waals surface area contributed by atoms with Crippen molar-refractivity contribution >= 4 is 39.4 Å². The highest BCUT2D eigenvalue weighted by molar-refractivity contribution is 7.92. The van der Waals surface area contributed by atoms with E-state index < -0.39 is 67.3 Å². The number of amides is 5. The van der Waals surface area contributed by atoms with Crippen LogP contribution in [0.4, 0.5) is 4.79 Å². The predicted octanol–water partition coefficient (Wildman–Crippen LogP) is 5.35. The normalized spacial score (nSPS) is 25.0. The van der Waals surface area contributed by atoms with Crippen LogP contribution in [0.25, 0.3) is 0 Å². The summed E-state index contributed by atoms with van der Waals surface area (Å²) in [6.45, 7) is 17.5. The van der Waals surface area contributed by atoms with Gasteiger partial charge in [0.15, 0.2) is 9.84 Å². The Morgan fingerprint density at radius 3 is 2.07 bits per heavy atom. The Labute approximate surface area is 324 Å². The molecule has 3 saturated carbocycles. The molecule has 5 amide bonds. The first-order chi connectivity index (χ1) is 25.2. The summed E-state index contributed by atoms with van der Waals surface area (Å²) in [4.78, 5) is 71.3. The molecule has 0 aromatic carbocycles. The maximum atomic E-state index is 15.1. The number of carbonyl (C=O) groups is 5. The Kier molecular flexibility index (Phi) is 14.1. The molecule has 4 fully saturated rings. The summed E-state index contributed by atoms with van der Waals surface area (Å²) < 4.78 is 26.5. The van der Waals surface area contributed by atoms with Crippen molar-refractivity contribution in [3.05, 3.63) is 12.7 Å². The minimum atomic E-state index is -3.59. The molecule has 12 nitrogen and oxygen atoms in total. The van der Waals surface area contributed by atoms with E-state index >= 15 is 4.79 Å². The average molecular weight is 776 g/mol. The molecule has 3 aliphatic carbocycles. The van der Waals surface area contributed by atoms with Gasteiger partial charge in [0, 0.05) is 13.1 Å². The van der Waals surface area contributed by atoms with Gasteiger partial charge in [0.1, 0.15) is 12.1 Å². The Morgan fingerprint density at radius 1 is 0.926 bits per heavy atom. The zero-order valence-electron chi connectivity index (χ0n) is 34.1. The number of hydrogen-bond donors (Lipinski definition) is 4. The number of rotatable bonds is 16. The van der Waals surface area contributed by atoms with Crippen LogP contribution in [0.1, 0.15) is 145 Å². The standard InChI is InChI=1S/C41H69N5O7S/c1-9-23-42-35(49)32(47)30(24-29-17-18-29)43-34(48)31-25-38(4,5)28(3)26-46(31)36(50)33(40(8)19-13-11-14-20-40)44-37(51)45-41(21-15-12-16-22-41)27-54(52,53)39(6,7)10-2/h9,28-31,33H,1,10-27H2,2-8H3,(H,42,49)(H,43,48)(H2,44,45,51)/t28?,30?,31-,33+/m0/s1. The Balaban J connectivity index is 1.64. The molecule has 0 radical (unpaired) electrons. The fourth-order valence-electron chi connectivity index (χ4n) is 8.62. The monoisotopic (exact) mass is 775 g/mol. The van der Waals surface area contributed by atoms with Crippen LogP contribution in [0.3, 0.4) is 0 Å². The quantitative estimate of drug-likeness (QED) is 0.121. The van der Waals surface area contributed by atoms with Gasteiger partial charge < -0.3 is 26.2 Å². The number of likely N-dealkylation sites (tertiary alicyclic amines) is 1. The van der Waals surface area contributed by atoms with E-state index in [9.17, 15) is 27.6 Å². The predicted molar refractivity (Wildman–Crippen MR) is 211 cm³/mol. The number of hydrogen-bond acceptors (Lipinski definition) is 7. The lowest BCUT2D eigenvalue weighted by Crippen LogP contribution is -2.67. The van der Waals surface area contributed by atoms with E-state index in [-0.39, 0.29) is 42.0 Å². The molecule has 0 spiro atoms. The number of carbonyl (C=O) groups excluding carboxylic acids is 5. The van der Waals surface area contributed by atoms with Crippen LogP contribution in [-0.4, -0.2) is 90.1 Å². The summed E-state index contributed by atoms with van der Waals surface area (Å²) in [5, 5.41) is 11.6. The van der Waals surface area contributed by atoms with Crippen LogP contribution in [0.2, 0.25) is 0 Å². The summed E-state index contributed by atoms with van der Waals surface area (Å²) >= 11 is 0. The van der Waals surface area contributed by atoms with Gasteiger partial charge in [-0.15, -0.1) is 6.58 Å². The molecule has 54 heavy (non-hydrogen) atoms. The molecule has 306 valence electrons. The van der Waals surface area contributed by atoms with Gasteiger partial charge in [0.25, 0.3) is 5.91 Å². The molecule has 4 rings (SSSR count). The van der Waals surface area contributed by atoms with Crippen molar-refractivity contribution in [1.29, 1.82) is 0 Å². The minimum Gasteiger partial charge on any atom is -0.346 e. The molecule has 4 N–H and O–H groups in total. The number of sulfone groups is 1. The minimum absolute atomic E-state index is 0.0188. The van der Waals surface area contributed by atoms with E-state index in [0.717, 1.165) is 51.4 Å².